The number of aromatic nitrogens is 2. The predicted octanol–water partition coefficient (Wildman–Crippen LogP) is 11.9. The second-order valence-corrected chi connectivity index (χ2v) is 21.6. The third kappa shape index (κ3) is 12.9. The molecular formula is C70H67N5O8. The van der Waals surface area contributed by atoms with E-state index in [0.29, 0.717) is 60.6 Å². The molecule has 4 heterocycles. The normalized spacial score (nSPS) is 14.3. The molecule has 1 amide bonds. The summed E-state index contributed by atoms with van der Waals surface area (Å²) in [4.78, 5) is 63.7. The summed E-state index contributed by atoms with van der Waals surface area (Å²) in [7, 11) is 0. The number of ether oxygens (including phenoxy) is 3. The van der Waals surface area contributed by atoms with Crippen LogP contribution in [-0.4, -0.2) is 55.5 Å². The summed E-state index contributed by atoms with van der Waals surface area (Å²) in [6, 6.07) is 62.5. The summed E-state index contributed by atoms with van der Waals surface area (Å²) in [6.07, 6.45) is 2.02. The Morgan fingerprint density at radius 1 is 0.627 bits per heavy atom. The lowest BCUT2D eigenvalue weighted by atomic mass is 9.86. The van der Waals surface area contributed by atoms with Gasteiger partial charge in [-0.1, -0.05) is 147 Å². The van der Waals surface area contributed by atoms with Crippen LogP contribution in [0, 0.1) is 0 Å². The Morgan fingerprint density at radius 3 is 1.76 bits per heavy atom. The fourth-order valence-corrected chi connectivity index (χ4v) is 11.5. The molecule has 2 N–H and O–H groups in total. The van der Waals surface area contributed by atoms with E-state index in [0.717, 1.165) is 61.5 Å². The standard InChI is InChI=1S/C70H67N5O8/c1-3-58-59-38-56(30-31-63(59)72-65-60(58)46-75-64(65)39-62-61(67(75)77)47-82-69(79)70(62,80)4-2)83-68(78)55-29-19-28-54(37-55)66(76)71-32-17-18-33-81-57-35-52(44-73(40-48-20-9-5-10-21-48)41-49-22-11-6-12-23-49)34-53(36-57)45-74(42-50-24-13-7-14-25-50)43-51-26-15-8-16-27-51/h5-16,19-31,34-39,80H,3-4,17-18,32-33,40-47H2,1-2H3,(H,71,76)/t70-/m1/s1. The van der Waals surface area contributed by atoms with Gasteiger partial charge >= 0.3 is 11.9 Å². The smallest absolute Gasteiger partial charge is 0.343 e. The molecule has 2 aromatic heterocycles. The minimum atomic E-state index is -1.93. The topological polar surface area (TPSA) is 153 Å². The third-order valence-electron chi connectivity index (χ3n) is 15.7. The Labute approximate surface area is 483 Å². The summed E-state index contributed by atoms with van der Waals surface area (Å²) in [6.45, 7) is 9.20. The number of aryl methyl sites for hydroxylation is 1. The lowest BCUT2D eigenvalue weighted by Crippen LogP contribution is -2.44. The molecule has 0 saturated heterocycles. The molecule has 0 unspecified atom stereocenters. The van der Waals surface area contributed by atoms with Crippen LogP contribution in [0.5, 0.6) is 11.5 Å². The van der Waals surface area contributed by atoms with Crippen molar-refractivity contribution >= 4 is 28.7 Å². The Hall–Kier alpha value is -9.01. The first-order valence-corrected chi connectivity index (χ1v) is 28.6. The Kier molecular flexibility index (Phi) is 17.1. The number of carbonyl (C=O) groups is 3. The second-order valence-electron chi connectivity index (χ2n) is 21.6. The molecule has 1 atom stereocenters. The molecule has 13 heteroatoms. The zero-order valence-corrected chi connectivity index (χ0v) is 46.9. The van der Waals surface area contributed by atoms with Gasteiger partial charge < -0.3 is 29.2 Å². The first kappa shape index (κ1) is 55.9. The molecule has 2 aliphatic rings. The number of aliphatic hydroxyl groups is 1. The molecular weight excluding hydrogens is 1040 g/mol. The molecule has 2 aliphatic heterocycles. The van der Waals surface area contributed by atoms with Crippen LogP contribution in [0.1, 0.15) is 109 Å². The minimum Gasteiger partial charge on any atom is -0.494 e. The average Bonchev–Trinajstić information content (AvgIpc) is 3.55. The number of unbranched alkanes of at least 4 members (excludes halogenated alkanes) is 1. The predicted molar refractivity (Wildman–Crippen MR) is 320 cm³/mol. The number of hydrogen-bond acceptors (Lipinski definition) is 11. The van der Waals surface area contributed by atoms with Gasteiger partial charge in [-0.15, -0.1) is 0 Å². The molecule has 0 radical (unpaired) electrons. The van der Waals surface area contributed by atoms with Crippen LogP contribution in [0.25, 0.3) is 22.3 Å². The zero-order chi connectivity index (χ0) is 57.3. The maximum atomic E-state index is 13.8. The van der Waals surface area contributed by atoms with Gasteiger partial charge in [0.1, 0.15) is 18.1 Å². The van der Waals surface area contributed by atoms with Crippen LogP contribution in [0.15, 0.2) is 193 Å². The van der Waals surface area contributed by atoms with E-state index in [2.05, 4.69) is 155 Å². The highest BCUT2D eigenvalue weighted by Gasteiger charge is 2.45. The first-order valence-electron chi connectivity index (χ1n) is 28.6. The highest BCUT2D eigenvalue weighted by Crippen LogP contribution is 2.41. The first-order chi connectivity index (χ1) is 40.5. The maximum Gasteiger partial charge on any atom is 0.343 e. The van der Waals surface area contributed by atoms with Crippen molar-refractivity contribution in [3.8, 4) is 22.9 Å². The fourth-order valence-electron chi connectivity index (χ4n) is 11.5. The van der Waals surface area contributed by atoms with E-state index in [4.69, 9.17) is 19.2 Å². The van der Waals surface area contributed by atoms with Crippen molar-refractivity contribution in [2.75, 3.05) is 13.2 Å². The zero-order valence-electron chi connectivity index (χ0n) is 46.9. The van der Waals surface area contributed by atoms with E-state index in [-0.39, 0.29) is 47.7 Å². The molecule has 83 heavy (non-hydrogen) atoms. The summed E-state index contributed by atoms with van der Waals surface area (Å²) >= 11 is 0. The molecule has 9 aromatic rings. The summed E-state index contributed by atoms with van der Waals surface area (Å²) in [5.74, 6) is -0.595. The van der Waals surface area contributed by atoms with Crippen molar-refractivity contribution in [3.05, 3.63) is 265 Å². The van der Waals surface area contributed by atoms with Gasteiger partial charge in [0.05, 0.1) is 41.2 Å². The molecule has 7 aromatic carbocycles. The Bertz CT molecular complexity index is 3660. The monoisotopic (exact) mass is 1110 g/mol. The average molecular weight is 1110 g/mol. The SMILES string of the molecule is CCc1c2c(nc3ccc(OC(=O)c4cccc(C(=O)NCCCCOc5cc(CN(Cc6ccccc6)Cc6ccccc6)cc(CN(Cc6ccccc6)Cc6ccccc6)c5)c4)cc13)-c1cc3c(c(=O)n1C2)COC(=O)[C@@]3(O)CC. The van der Waals surface area contributed by atoms with Crippen molar-refractivity contribution in [1.29, 1.82) is 0 Å². The van der Waals surface area contributed by atoms with Crippen LogP contribution in [-0.2, 0) is 74.0 Å². The summed E-state index contributed by atoms with van der Waals surface area (Å²) < 4.78 is 19.4. The molecule has 0 spiro atoms. The number of nitrogens with zero attached hydrogens (tertiary/aromatic N) is 4. The molecule has 13 nitrogen and oxygen atoms in total. The molecule has 0 fully saturated rings. The van der Waals surface area contributed by atoms with Crippen LogP contribution < -0.4 is 20.3 Å². The van der Waals surface area contributed by atoms with Crippen molar-refractivity contribution in [2.24, 2.45) is 0 Å². The highest BCUT2D eigenvalue weighted by molar-refractivity contribution is 5.99. The number of hydrogen-bond donors (Lipinski definition) is 2. The molecule has 420 valence electrons. The quantitative estimate of drug-likeness (QED) is 0.0358. The number of carbonyl (C=O) groups excluding carboxylic acids is 3. The van der Waals surface area contributed by atoms with E-state index in [1.54, 1.807) is 54.0 Å². The number of fused-ring (bicyclic) bond motifs is 5. The van der Waals surface area contributed by atoms with Crippen LogP contribution in [0.2, 0.25) is 0 Å². The number of rotatable bonds is 23. The van der Waals surface area contributed by atoms with E-state index in [1.165, 1.54) is 39.4 Å². The number of amides is 1. The Morgan fingerprint density at radius 2 is 1.19 bits per heavy atom. The fraction of sp³-hybridized carbons (Fsp3) is 0.243. The lowest BCUT2D eigenvalue weighted by Gasteiger charge is -2.31. The molecule has 11 rings (SSSR count). The Balaban J connectivity index is 0.736. The number of cyclic esters (lactones) is 1. The second kappa shape index (κ2) is 25.4. The molecule has 0 bridgehead atoms. The lowest BCUT2D eigenvalue weighted by molar-refractivity contribution is -0.172. The molecule has 0 aliphatic carbocycles. The van der Waals surface area contributed by atoms with Gasteiger partial charge in [-0.3, -0.25) is 19.4 Å². The summed E-state index contributed by atoms with van der Waals surface area (Å²) in [5, 5.41) is 15.1. The van der Waals surface area contributed by atoms with E-state index in [9.17, 15) is 24.3 Å². The van der Waals surface area contributed by atoms with Gasteiger partial charge in [0.15, 0.2) is 5.60 Å². The third-order valence-corrected chi connectivity index (χ3v) is 15.7. The van der Waals surface area contributed by atoms with Crippen molar-refractivity contribution in [1.82, 2.24) is 24.7 Å². The number of pyridine rings is 2. The van der Waals surface area contributed by atoms with Gasteiger partial charge in [0.25, 0.3) is 11.5 Å². The molecule has 0 saturated carbocycles. The highest BCUT2D eigenvalue weighted by atomic mass is 16.6. The van der Waals surface area contributed by atoms with E-state index >= 15 is 0 Å². The number of esters is 2. The van der Waals surface area contributed by atoms with Gasteiger partial charge in [-0.25, -0.2) is 14.6 Å². The van der Waals surface area contributed by atoms with Gasteiger partial charge in [0, 0.05) is 67.9 Å². The number of benzene rings is 7. The van der Waals surface area contributed by atoms with Crippen molar-refractivity contribution < 1.29 is 33.7 Å². The van der Waals surface area contributed by atoms with Crippen molar-refractivity contribution in [2.45, 2.75) is 97.6 Å². The van der Waals surface area contributed by atoms with E-state index < -0.39 is 17.5 Å². The van der Waals surface area contributed by atoms with Gasteiger partial charge in [-0.2, -0.15) is 0 Å². The minimum absolute atomic E-state index is 0.0496. The van der Waals surface area contributed by atoms with E-state index in [1.807, 2.05) is 6.92 Å². The summed E-state index contributed by atoms with van der Waals surface area (Å²) in [5.41, 5.74) is 9.67. The van der Waals surface area contributed by atoms with Gasteiger partial charge in [-0.05, 0) is 119 Å². The maximum absolute atomic E-state index is 13.8. The van der Waals surface area contributed by atoms with Crippen LogP contribution in [0.4, 0.5) is 0 Å². The number of nitrogens with one attached hydrogen (secondary N) is 1. The van der Waals surface area contributed by atoms with Gasteiger partial charge in [0.2, 0.25) is 0 Å². The van der Waals surface area contributed by atoms with Crippen molar-refractivity contribution in [3.63, 3.8) is 0 Å². The largest absolute Gasteiger partial charge is 0.494 e. The van der Waals surface area contributed by atoms with Crippen LogP contribution >= 0.6 is 0 Å². The van der Waals surface area contributed by atoms with Crippen LogP contribution in [0.3, 0.4) is 0 Å².